The lowest BCUT2D eigenvalue weighted by molar-refractivity contribution is 0.102. The standard InChI is InChI=1S/C16H19N3O2/c1-3-19-15(14(21-2)10-18-19)16(20)12-6-7-13-11(9-12)5-4-8-17-13/h6-7,9-10,17H,3-5,8H2,1-2H3. The maximum atomic E-state index is 12.8. The lowest BCUT2D eigenvalue weighted by atomic mass is 9.98. The number of nitrogens with one attached hydrogen (secondary N) is 1. The van der Waals surface area contributed by atoms with Crippen LogP contribution in [-0.2, 0) is 13.0 Å². The zero-order chi connectivity index (χ0) is 14.8. The van der Waals surface area contributed by atoms with Gasteiger partial charge in [-0.05, 0) is 43.5 Å². The van der Waals surface area contributed by atoms with Crippen molar-refractivity contribution in [2.24, 2.45) is 0 Å². The van der Waals surface area contributed by atoms with Gasteiger partial charge in [-0.25, -0.2) is 0 Å². The number of aromatic nitrogens is 2. The van der Waals surface area contributed by atoms with E-state index in [0.29, 0.717) is 23.6 Å². The molecule has 2 heterocycles. The molecule has 0 atom stereocenters. The maximum absolute atomic E-state index is 12.8. The average Bonchev–Trinajstić information content (AvgIpc) is 2.96. The van der Waals surface area contributed by atoms with E-state index in [1.54, 1.807) is 18.0 Å². The Hall–Kier alpha value is -2.30. The highest BCUT2D eigenvalue weighted by molar-refractivity contribution is 6.09. The van der Waals surface area contributed by atoms with Crippen LogP contribution in [0.3, 0.4) is 0 Å². The molecule has 2 aromatic rings. The molecule has 1 aliphatic rings. The Bertz CT molecular complexity index is 655. The van der Waals surface area contributed by atoms with Gasteiger partial charge in [0.05, 0.1) is 13.3 Å². The van der Waals surface area contributed by atoms with Crippen molar-refractivity contribution in [3.8, 4) is 5.75 Å². The van der Waals surface area contributed by atoms with Crippen molar-refractivity contribution in [1.82, 2.24) is 9.78 Å². The number of ketones is 1. The number of ether oxygens (including phenoxy) is 1. The molecule has 1 aromatic heterocycles. The fourth-order valence-electron chi connectivity index (χ4n) is 2.74. The van der Waals surface area contributed by atoms with Crippen LogP contribution in [0, 0.1) is 0 Å². The smallest absolute Gasteiger partial charge is 0.214 e. The Morgan fingerprint density at radius 1 is 1.48 bits per heavy atom. The molecule has 0 saturated heterocycles. The summed E-state index contributed by atoms with van der Waals surface area (Å²) in [6, 6.07) is 5.84. The highest BCUT2D eigenvalue weighted by atomic mass is 16.5. The summed E-state index contributed by atoms with van der Waals surface area (Å²) >= 11 is 0. The Morgan fingerprint density at radius 3 is 3.10 bits per heavy atom. The Labute approximate surface area is 123 Å². The predicted molar refractivity (Wildman–Crippen MR) is 81.1 cm³/mol. The van der Waals surface area contributed by atoms with Gasteiger partial charge in [-0.3, -0.25) is 9.48 Å². The van der Waals surface area contributed by atoms with Crippen LogP contribution in [0.4, 0.5) is 5.69 Å². The van der Waals surface area contributed by atoms with Gasteiger partial charge < -0.3 is 10.1 Å². The zero-order valence-corrected chi connectivity index (χ0v) is 12.3. The van der Waals surface area contributed by atoms with Gasteiger partial charge in [0.15, 0.2) is 11.4 Å². The van der Waals surface area contributed by atoms with E-state index in [1.165, 1.54) is 5.56 Å². The molecule has 0 fully saturated rings. The SMILES string of the molecule is CCn1ncc(OC)c1C(=O)c1ccc2c(c1)CCCN2. The van der Waals surface area contributed by atoms with Gasteiger partial charge in [-0.1, -0.05) is 0 Å². The van der Waals surface area contributed by atoms with Crippen molar-refractivity contribution in [3.63, 3.8) is 0 Å². The van der Waals surface area contributed by atoms with Gasteiger partial charge in [-0.2, -0.15) is 5.10 Å². The molecule has 110 valence electrons. The van der Waals surface area contributed by atoms with E-state index in [0.717, 1.165) is 25.1 Å². The molecule has 21 heavy (non-hydrogen) atoms. The van der Waals surface area contributed by atoms with Gasteiger partial charge in [0, 0.05) is 24.3 Å². The summed E-state index contributed by atoms with van der Waals surface area (Å²) in [5, 5.41) is 7.55. The van der Waals surface area contributed by atoms with Crippen LogP contribution in [0.1, 0.15) is 35.0 Å². The molecule has 1 aliphatic heterocycles. The summed E-state index contributed by atoms with van der Waals surface area (Å²) in [4.78, 5) is 12.8. The van der Waals surface area contributed by atoms with Crippen molar-refractivity contribution in [2.45, 2.75) is 26.3 Å². The van der Waals surface area contributed by atoms with E-state index in [4.69, 9.17) is 4.74 Å². The first-order valence-corrected chi connectivity index (χ1v) is 7.26. The highest BCUT2D eigenvalue weighted by Gasteiger charge is 2.21. The van der Waals surface area contributed by atoms with E-state index >= 15 is 0 Å². The fourth-order valence-corrected chi connectivity index (χ4v) is 2.74. The highest BCUT2D eigenvalue weighted by Crippen LogP contribution is 2.26. The molecule has 0 amide bonds. The Morgan fingerprint density at radius 2 is 2.33 bits per heavy atom. The lowest BCUT2D eigenvalue weighted by Crippen LogP contribution is -2.15. The van der Waals surface area contributed by atoms with Crippen molar-refractivity contribution < 1.29 is 9.53 Å². The minimum absolute atomic E-state index is 0.0421. The van der Waals surface area contributed by atoms with Crippen molar-refractivity contribution in [2.75, 3.05) is 19.0 Å². The number of hydrogen-bond acceptors (Lipinski definition) is 4. The molecule has 0 saturated carbocycles. The maximum Gasteiger partial charge on any atom is 0.214 e. The monoisotopic (exact) mass is 285 g/mol. The summed E-state index contributed by atoms with van der Waals surface area (Å²) in [6.07, 6.45) is 3.70. The number of nitrogens with zero attached hydrogens (tertiary/aromatic N) is 2. The third-order valence-corrected chi connectivity index (χ3v) is 3.85. The average molecular weight is 285 g/mol. The van der Waals surface area contributed by atoms with Crippen LogP contribution in [0.15, 0.2) is 24.4 Å². The second-order valence-electron chi connectivity index (χ2n) is 5.11. The van der Waals surface area contributed by atoms with Crippen LogP contribution in [0.2, 0.25) is 0 Å². The molecular weight excluding hydrogens is 266 g/mol. The summed E-state index contributed by atoms with van der Waals surface area (Å²) in [5.74, 6) is 0.484. The normalized spacial score (nSPS) is 13.4. The summed E-state index contributed by atoms with van der Waals surface area (Å²) in [7, 11) is 1.56. The van der Waals surface area contributed by atoms with E-state index in [-0.39, 0.29) is 5.78 Å². The summed E-state index contributed by atoms with van der Waals surface area (Å²) in [6.45, 7) is 3.59. The number of benzene rings is 1. The van der Waals surface area contributed by atoms with Crippen LogP contribution in [-0.4, -0.2) is 29.2 Å². The molecule has 5 heteroatoms. The largest absolute Gasteiger partial charge is 0.493 e. The quantitative estimate of drug-likeness (QED) is 0.877. The van der Waals surface area contributed by atoms with E-state index < -0.39 is 0 Å². The Balaban J connectivity index is 2.00. The number of aryl methyl sites for hydroxylation is 2. The van der Waals surface area contributed by atoms with Crippen molar-refractivity contribution in [3.05, 3.63) is 41.2 Å². The first-order valence-electron chi connectivity index (χ1n) is 7.26. The predicted octanol–water partition coefficient (Wildman–Crippen LogP) is 2.50. The van der Waals surface area contributed by atoms with Crippen LogP contribution < -0.4 is 10.1 Å². The number of hydrogen-bond donors (Lipinski definition) is 1. The van der Waals surface area contributed by atoms with Gasteiger partial charge in [0.2, 0.25) is 5.78 Å². The molecule has 1 N–H and O–H groups in total. The van der Waals surface area contributed by atoms with Crippen LogP contribution >= 0.6 is 0 Å². The minimum Gasteiger partial charge on any atom is -0.493 e. The van der Waals surface area contributed by atoms with Crippen molar-refractivity contribution in [1.29, 1.82) is 0 Å². The molecule has 0 radical (unpaired) electrons. The molecule has 0 aliphatic carbocycles. The zero-order valence-electron chi connectivity index (χ0n) is 12.3. The first-order chi connectivity index (χ1) is 10.2. The number of rotatable bonds is 4. The second kappa shape index (κ2) is 5.60. The van der Waals surface area contributed by atoms with Gasteiger partial charge >= 0.3 is 0 Å². The van der Waals surface area contributed by atoms with Gasteiger partial charge in [-0.15, -0.1) is 0 Å². The van der Waals surface area contributed by atoms with E-state index in [9.17, 15) is 4.79 Å². The van der Waals surface area contributed by atoms with Gasteiger partial charge in [0.25, 0.3) is 0 Å². The lowest BCUT2D eigenvalue weighted by Gasteiger charge is -2.18. The number of carbonyl (C=O) groups excluding carboxylic acids is 1. The number of methoxy groups -OCH3 is 1. The van der Waals surface area contributed by atoms with E-state index in [2.05, 4.69) is 10.4 Å². The molecule has 0 unspecified atom stereocenters. The second-order valence-corrected chi connectivity index (χ2v) is 5.11. The molecule has 0 spiro atoms. The number of fused-ring (bicyclic) bond motifs is 1. The van der Waals surface area contributed by atoms with E-state index in [1.807, 2.05) is 25.1 Å². The third-order valence-electron chi connectivity index (χ3n) is 3.85. The third kappa shape index (κ3) is 2.39. The van der Waals surface area contributed by atoms with Gasteiger partial charge in [0.1, 0.15) is 0 Å². The van der Waals surface area contributed by atoms with Crippen LogP contribution in [0.5, 0.6) is 5.75 Å². The molecular formula is C16H19N3O2. The molecule has 0 bridgehead atoms. The van der Waals surface area contributed by atoms with Crippen molar-refractivity contribution >= 4 is 11.5 Å². The molecule has 1 aromatic carbocycles. The topological polar surface area (TPSA) is 56.2 Å². The summed E-state index contributed by atoms with van der Waals surface area (Å²) < 4.78 is 6.95. The Kier molecular flexibility index (Phi) is 3.64. The summed E-state index contributed by atoms with van der Waals surface area (Å²) in [5.41, 5.74) is 3.54. The fraction of sp³-hybridized carbons (Fsp3) is 0.375. The molecule has 5 nitrogen and oxygen atoms in total. The van der Waals surface area contributed by atoms with Crippen LogP contribution in [0.25, 0.3) is 0 Å². The number of carbonyl (C=O) groups is 1. The minimum atomic E-state index is -0.0421. The first kappa shape index (κ1) is 13.7. The number of anilines is 1. The molecule has 3 rings (SSSR count).